The molecule has 1 aromatic carbocycles. The number of rotatable bonds is 5. The number of benzene rings is 1. The number of aromatic nitrogens is 2. The molecule has 136 valence electrons. The van der Waals surface area contributed by atoms with Gasteiger partial charge in [0.1, 0.15) is 12.4 Å². The summed E-state index contributed by atoms with van der Waals surface area (Å²) in [5.41, 5.74) is 1.04. The van der Waals surface area contributed by atoms with Crippen LogP contribution in [0.5, 0.6) is 0 Å². The molecule has 1 fully saturated rings. The fourth-order valence-corrected chi connectivity index (χ4v) is 2.87. The molecule has 2 N–H and O–H groups in total. The lowest BCUT2D eigenvalue weighted by molar-refractivity contribution is -0.117. The number of hydrogen-bond donors (Lipinski definition) is 2. The average molecular weight is 355 g/mol. The zero-order valence-corrected chi connectivity index (χ0v) is 14.9. The van der Waals surface area contributed by atoms with Crippen molar-refractivity contribution in [1.29, 1.82) is 0 Å². The molecule has 0 saturated carbocycles. The fraction of sp³-hybridized carbons (Fsp3) is 0.333. The molecular weight excluding hydrogens is 334 g/mol. The third kappa shape index (κ3) is 3.44. The van der Waals surface area contributed by atoms with E-state index in [-0.39, 0.29) is 30.3 Å². The van der Waals surface area contributed by atoms with E-state index in [0.29, 0.717) is 11.3 Å². The van der Waals surface area contributed by atoms with Crippen LogP contribution in [0.25, 0.3) is 0 Å². The lowest BCUT2D eigenvalue weighted by atomic mass is 10.0. The number of aryl methyl sites for hydroxylation is 1. The van der Waals surface area contributed by atoms with Gasteiger partial charge in [0.15, 0.2) is 0 Å². The third-order valence-electron chi connectivity index (χ3n) is 4.32. The zero-order valence-electron chi connectivity index (χ0n) is 14.9. The van der Waals surface area contributed by atoms with Crippen molar-refractivity contribution in [1.82, 2.24) is 20.2 Å². The van der Waals surface area contributed by atoms with E-state index in [1.807, 2.05) is 31.7 Å². The molecule has 1 aliphatic heterocycles. The summed E-state index contributed by atoms with van der Waals surface area (Å²) < 4.78 is 1.89. The van der Waals surface area contributed by atoms with Gasteiger partial charge in [-0.2, -0.15) is 0 Å². The number of nitrogens with one attached hydrogen (secondary N) is 2. The van der Waals surface area contributed by atoms with Gasteiger partial charge >= 0.3 is 6.03 Å². The number of imidazole rings is 1. The highest BCUT2D eigenvalue weighted by Gasteiger charge is 2.28. The Morgan fingerprint density at radius 1 is 1.23 bits per heavy atom. The highest BCUT2D eigenvalue weighted by molar-refractivity contribution is 6.12. The molecule has 26 heavy (non-hydrogen) atoms. The van der Waals surface area contributed by atoms with Gasteiger partial charge in [0.05, 0.1) is 6.04 Å². The van der Waals surface area contributed by atoms with E-state index in [4.69, 9.17) is 0 Å². The molecule has 8 nitrogen and oxygen atoms in total. The number of amides is 4. The summed E-state index contributed by atoms with van der Waals surface area (Å²) in [4.78, 5) is 41.3. The van der Waals surface area contributed by atoms with Crippen molar-refractivity contribution in [2.75, 3.05) is 11.4 Å². The highest BCUT2D eigenvalue weighted by Crippen LogP contribution is 2.21. The van der Waals surface area contributed by atoms with Gasteiger partial charge in [0, 0.05) is 30.7 Å². The number of urea groups is 1. The summed E-state index contributed by atoms with van der Waals surface area (Å²) in [6.45, 7) is 4.02. The normalized spacial score (nSPS) is 15.3. The van der Waals surface area contributed by atoms with Gasteiger partial charge in [-0.1, -0.05) is 13.8 Å². The molecule has 1 aliphatic rings. The summed E-state index contributed by atoms with van der Waals surface area (Å²) in [6, 6.07) is 5.90. The largest absolute Gasteiger partial charge is 0.342 e. The molecule has 8 heteroatoms. The quantitative estimate of drug-likeness (QED) is 0.796. The van der Waals surface area contributed by atoms with Gasteiger partial charge in [-0.05, 0) is 30.2 Å². The number of nitrogens with zero attached hydrogens (tertiary/aromatic N) is 3. The van der Waals surface area contributed by atoms with Gasteiger partial charge in [-0.15, -0.1) is 0 Å². The van der Waals surface area contributed by atoms with Gasteiger partial charge in [0.25, 0.3) is 5.91 Å². The molecular formula is C18H21N5O3. The number of hydrogen-bond acceptors (Lipinski definition) is 4. The lowest BCUT2D eigenvalue weighted by Gasteiger charge is -2.22. The van der Waals surface area contributed by atoms with Crippen molar-refractivity contribution in [3.63, 3.8) is 0 Å². The van der Waals surface area contributed by atoms with Crippen molar-refractivity contribution >= 4 is 23.5 Å². The van der Waals surface area contributed by atoms with Crippen LogP contribution in [0.2, 0.25) is 0 Å². The van der Waals surface area contributed by atoms with Gasteiger partial charge < -0.3 is 9.88 Å². The summed E-state index contributed by atoms with van der Waals surface area (Å²) in [5, 5.41) is 5.23. The topological polar surface area (TPSA) is 96.3 Å². The molecule has 0 bridgehead atoms. The minimum Gasteiger partial charge on any atom is -0.342 e. The second-order valence-electron chi connectivity index (χ2n) is 6.58. The first-order valence-electron chi connectivity index (χ1n) is 8.36. The summed E-state index contributed by atoms with van der Waals surface area (Å²) >= 11 is 0. The Morgan fingerprint density at radius 2 is 1.92 bits per heavy atom. The Kier molecular flexibility index (Phi) is 4.75. The van der Waals surface area contributed by atoms with Gasteiger partial charge in [-0.25, -0.2) is 9.78 Å². The maximum absolute atomic E-state index is 12.6. The minimum atomic E-state index is -0.457. The molecule has 3 rings (SSSR count). The Balaban J connectivity index is 1.74. The van der Waals surface area contributed by atoms with Crippen LogP contribution < -0.4 is 15.5 Å². The van der Waals surface area contributed by atoms with E-state index in [0.717, 1.165) is 5.82 Å². The molecule has 1 atom stereocenters. The van der Waals surface area contributed by atoms with Crippen molar-refractivity contribution in [3.05, 3.63) is 48.0 Å². The predicted molar refractivity (Wildman–Crippen MR) is 95.6 cm³/mol. The van der Waals surface area contributed by atoms with Crippen molar-refractivity contribution < 1.29 is 14.4 Å². The van der Waals surface area contributed by atoms with Crippen LogP contribution in [-0.2, 0) is 11.8 Å². The molecule has 2 heterocycles. The van der Waals surface area contributed by atoms with E-state index in [9.17, 15) is 14.4 Å². The van der Waals surface area contributed by atoms with Crippen LogP contribution in [0.3, 0.4) is 0 Å². The maximum atomic E-state index is 12.6. The van der Waals surface area contributed by atoms with E-state index in [2.05, 4.69) is 15.6 Å². The maximum Gasteiger partial charge on any atom is 0.329 e. The van der Waals surface area contributed by atoms with E-state index in [1.54, 1.807) is 30.5 Å². The van der Waals surface area contributed by atoms with Gasteiger partial charge in [0.2, 0.25) is 5.91 Å². The van der Waals surface area contributed by atoms with Crippen LogP contribution >= 0.6 is 0 Å². The molecule has 0 aliphatic carbocycles. The molecule has 1 unspecified atom stereocenters. The van der Waals surface area contributed by atoms with Crippen LogP contribution in [-0.4, -0.2) is 33.9 Å². The molecule has 1 aromatic heterocycles. The second kappa shape index (κ2) is 6.99. The van der Waals surface area contributed by atoms with E-state index in [1.165, 1.54) is 4.90 Å². The number of imide groups is 1. The minimum absolute atomic E-state index is 0.0149. The number of anilines is 1. The van der Waals surface area contributed by atoms with Gasteiger partial charge in [-0.3, -0.25) is 19.8 Å². The molecule has 0 radical (unpaired) electrons. The molecule has 0 spiro atoms. The van der Waals surface area contributed by atoms with Crippen LogP contribution in [0.1, 0.15) is 36.1 Å². The Labute approximate surface area is 151 Å². The first kappa shape index (κ1) is 17.7. The highest BCUT2D eigenvalue weighted by atomic mass is 16.2. The second-order valence-corrected chi connectivity index (χ2v) is 6.58. The van der Waals surface area contributed by atoms with Crippen LogP contribution in [0.4, 0.5) is 10.5 Å². The monoisotopic (exact) mass is 355 g/mol. The van der Waals surface area contributed by atoms with Crippen LogP contribution in [0.15, 0.2) is 36.7 Å². The van der Waals surface area contributed by atoms with Crippen molar-refractivity contribution in [2.24, 2.45) is 13.0 Å². The predicted octanol–water partition coefficient (Wildman–Crippen LogP) is 1.60. The Morgan fingerprint density at radius 3 is 2.42 bits per heavy atom. The summed E-state index contributed by atoms with van der Waals surface area (Å²) in [6.07, 6.45) is 3.54. The third-order valence-corrected chi connectivity index (χ3v) is 4.32. The molecule has 4 amide bonds. The van der Waals surface area contributed by atoms with Crippen molar-refractivity contribution in [2.45, 2.75) is 19.9 Å². The van der Waals surface area contributed by atoms with Crippen LogP contribution in [0, 0.1) is 5.92 Å². The first-order valence-corrected chi connectivity index (χ1v) is 8.36. The summed E-state index contributed by atoms with van der Waals surface area (Å²) in [7, 11) is 1.89. The SMILES string of the molecule is CC(C)C(NC(=O)c1ccc(N2CC(=O)NC2=O)cc1)c1nccn1C. The zero-order chi connectivity index (χ0) is 18.8. The Bertz CT molecular complexity index is 841. The standard InChI is InChI=1S/C18H21N5O3/c1-11(2)15(16-19-8-9-22(16)3)21-17(25)12-4-6-13(7-5-12)23-10-14(24)20-18(23)26/h4-9,11,15H,10H2,1-3H3,(H,21,25)(H,20,24,26). The molecule has 1 saturated heterocycles. The molecule has 2 aromatic rings. The fourth-order valence-electron chi connectivity index (χ4n) is 2.87. The number of carbonyl (C=O) groups is 3. The summed E-state index contributed by atoms with van der Waals surface area (Å²) in [5.74, 6) is 0.391. The van der Waals surface area contributed by atoms with Crippen molar-refractivity contribution in [3.8, 4) is 0 Å². The van der Waals surface area contributed by atoms with E-state index >= 15 is 0 Å². The smallest absolute Gasteiger partial charge is 0.329 e. The first-order chi connectivity index (χ1) is 12.4. The Hall–Kier alpha value is -3.16. The lowest BCUT2D eigenvalue weighted by Crippen LogP contribution is -2.33. The van der Waals surface area contributed by atoms with E-state index < -0.39 is 6.03 Å². The number of carbonyl (C=O) groups excluding carboxylic acids is 3. The average Bonchev–Trinajstić information content (AvgIpc) is 3.17.